The van der Waals surface area contributed by atoms with Crippen molar-refractivity contribution in [3.05, 3.63) is 12.4 Å². The third kappa shape index (κ3) is 4.12. The summed E-state index contributed by atoms with van der Waals surface area (Å²) in [5.74, 6) is 2.30. The van der Waals surface area contributed by atoms with Gasteiger partial charge in [0.15, 0.2) is 0 Å². The molecule has 1 aliphatic carbocycles. The average molecular weight is 318 g/mol. The molecule has 126 valence electrons. The van der Waals surface area contributed by atoms with Gasteiger partial charge in [-0.15, -0.1) is 0 Å². The maximum atomic E-state index is 12.4. The topological polar surface area (TPSA) is 58.6 Å². The first-order chi connectivity index (χ1) is 11.1. The molecule has 1 aromatic heterocycles. The fourth-order valence-electron chi connectivity index (χ4n) is 3.45. The van der Waals surface area contributed by atoms with Crippen molar-refractivity contribution in [3.8, 4) is 5.88 Å². The van der Waals surface area contributed by atoms with Crippen molar-refractivity contribution in [3.63, 3.8) is 0 Å². The lowest BCUT2D eigenvalue weighted by Gasteiger charge is -2.19. The Morgan fingerprint density at radius 1 is 1.30 bits per heavy atom. The number of carbonyl (C=O) groups excluding carboxylic acids is 1. The largest absolute Gasteiger partial charge is 0.472 e. The van der Waals surface area contributed by atoms with Crippen molar-refractivity contribution in [2.75, 3.05) is 32.1 Å². The Morgan fingerprint density at radius 2 is 2.09 bits per heavy atom. The number of anilines is 1. The molecule has 1 atom stereocenters. The normalized spacial score (nSPS) is 21.7. The highest BCUT2D eigenvalue weighted by Gasteiger charge is 2.29. The van der Waals surface area contributed by atoms with Crippen LogP contribution in [0.25, 0.3) is 0 Å². The molecule has 0 bridgehead atoms. The molecule has 2 fully saturated rings. The van der Waals surface area contributed by atoms with E-state index in [-0.39, 0.29) is 6.10 Å². The molecule has 6 heteroatoms. The van der Waals surface area contributed by atoms with Crippen LogP contribution < -0.4 is 9.64 Å². The fraction of sp³-hybridized carbons (Fsp3) is 0.706. The summed E-state index contributed by atoms with van der Waals surface area (Å²) in [6.07, 6.45) is 8.14. The number of hydrogen-bond acceptors (Lipinski definition) is 5. The molecule has 0 N–H and O–H groups in total. The van der Waals surface area contributed by atoms with E-state index < -0.39 is 0 Å². The van der Waals surface area contributed by atoms with Crippen molar-refractivity contribution in [2.24, 2.45) is 5.92 Å². The number of aromatic nitrogens is 2. The summed E-state index contributed by atoms with van der Waals surface area (Å²) in [4.78, 5) is 24.6. The fourth-order valence-corrected chi connectivity index (χ4v) is 3.45. The smallest absolute Gasteiger partial charge is 0.222 e. The zero-order chi connectivity index (χ0) is 16.2. The van der Waals surface area contributed by atoms with Crippen LogP contribution in [0.3, 0.4) is 0 Å². The molecular formula is C17H26N4O2. The summed E-state index contributed by atoms with van der Waals surface area (Å²) >= 11 is 0. The predicted octanol–water partition coefficient (Wildman–Crippen LogP) is 2.10. The highest BCUT2D eigenvalue weighted by atomic mass is 16.5. The number of hydrogen-bond donors (Lipinski definition) is 0. The molecule has 3 rings (SSSR count). The summed E-state index contributed by atoms with van der Waals surface area (Å²) < 4.78 is 5.94. The van der Waals surface area contributed by atoms with Gasteiger partial charge in [-0.2, -0.15) is 0 Å². The third-order valence-electron chi connectivity index (χ3n) is 4.81. The SMILES string of the molecule is CN(C)c1cc(OC2CCN(C(=O)CC3CCCC3)C2)ncn1. The monoisotopic (exact) mass is 318 g/mol. The number of likely N-dealkylation sites (tertiary alicyclic amines) is 1. The third-order valence-corrected chi connectivity index (χ3v) is 4.81. The molecule has 1 amide bonds. The van der Waals surface area contributed by atoms with Crippen molar-refractivity contribution in [1.29, 1.82) is 0 Å². The van der Waals surface area contributed by atoms with Crippen LogP contribution in [0.15, 0.2) is 12.4 Å². The lowest BCUT2D eigenvalue weighted by atomic mass is 10.0. The highest BCUT2D eigenvalue weighted by Crippen LogP contribution is 2.29. The average Bonchev–Trinajstić information content (AvgIpc) is 3.19. The molecule has 6 nitrogen and oxygen atoms in total. The van der Waals surface area contributed by atoms with Gasteiger partial charge in [-0.1, -0.05) is 12.8 Å². The second kappa shape index (κ2) is 7.15. The molecule has 1 saturated heterocycles. The van der Waals surface area contributed by atoms with E-state index in [1.165, 1.54) is 32.0 Å². The molecule has 0 radical (unpaired) electrons. The number of rotatable bonds is 5. The molecule has 0 aromatic carbocycles. The quantitative estimate of drug-likeness (QED) is 0.832. The van der Waals surface area contributed by atoms with Crippen LogP contribution in [0.5, 0.6) is 5.88 Å². The van der Waals surface area contributed by atoms with E-state index in [9.17, 15) is 4.79 Å². The van der Waals surface area contributed by atoms with Crippen molar-refractivity contribution < 1.29 is 9.53 Å². The van der Waals surface area contributed by atoms with E-state index in [0.29, 0.717) is 30.7 Å². The van der Waals surface area contributed by atoms with Gasteiger partial charge >= 0.3 is 0 Å². The Balaban J connectivity index is 1.51. The number of carbonyl (C=O) groups is 1. The van der Waals surface area contributed by atoms with E-state index in [1.807, 2.05) is 30.0 Å². The zero-order valence-electron chi connectivity index (χ0n) is 14.1. The van der Waals surface area contributed by atoms with E-state index in [1.54, 1.807) is 0 Å². The summed E-state index contributed by atoms with van der Waals surface area (Å²) in [6.45, 7) is 1.47. The lowest BCUT2D eigenvalue weighted by molar-refractivity contribution is -0.131. The predicted molar refractivity (Wildman–Crippen MR) is 88.5 cm³/mol. The van der Waals surface area contributed by atoms with Gasteiger partial charge in [0.25, 0.3) is 0 Å². The first kappa shape index (κ1) is 16.0. The molecule has 23 heavy (non-hydrogen) atoms. The molecule has 1 unspecified atom stereocenters. The Labute approximate surface area is 137 Å². The van der Waals surface area contributed by atoms with E-state index in [0.717, 1.165) is 18.8 Å². The van der Waals surface area contributed by atoms with Gasteiger partial charge in [0.2, 0.25) is 11.8 Å². The highest BCUT2D eigenvalue weighted by molar-refractivity contribution is 5.76. The lowest BCUT2D eigenvalue weighted by Crippen LogP contribution is -2.32. The van der Waals surface area contributed by atoms with Crippen LogP contribution in [0.1, 0.15) is 38.5 Å². The van der Waals surface area contributed by atoms with Crippen molar-refractivity contribution >= 4 is 11.7 Å². The Hall–Kier alpha value is -1.85. The van der Waals surface area contributed by atoms with Gasteiger partial charge < -0.3 is 14.5 Å². The van der Waals surface area contributed by atoms with Crippen LogP contribution in [-0.4, -0.2) is 54.1 Å². The molecule has 0 spiro atoms. The second-order valence-corrected chi connectivity index (χ2v) is 6.83. The summed E-state index contributed by atoms with van der Waals surface area (Å²) in [5.41, 5.74) is 0. The van der Waals surface area contributed by atoms with Crippen LogP contribution in [0.4, 0.5) is 5.82 Å². The zero-order valence-corrected chi connectivity index (χ0v) is 14.1. The molecule has 1 aliphatic heterocycles. The molecule has 2 heterocycles. The Kier molecular flexibility index (Phi) is 4.98. The molecular weight excluding hydrogens is 292 g/mol. The number of nitrogens with zero attached hydrogens (tertiary/aromatic N) is 4. The van der Waals surface area contributed by atoms with Crippen LogP contribution in [0.2, 0.25) is 0 Å². The van der Waals surface area contributed by atoms with Gasteiger partial charge in [-0.3, -0.25) is 4.79 Å². The van der Waals surface area contributed by atoms with Gasteiger partial charge in [0.05, 0.1) is 6.54 Å². The molecule has 1 saturated carbocycles. The number of amides is 1. The first-order valence-corrected chi connectivity index (χ1v) is 8.55. The second-order valence-electron chi connectivity index (χ2n) is 6.83. The van der Waals surface area contributed by atoms with Gasteiger partial charge in [0, 0.05) is 39.5 Å². The van der Waals surface area contributed by atoms with Crippen LogP contribution in [-0.2, 0) is 4.79 Å². The molecule has 2 aliphatic rings. The van der Waals surface area contributed by atoms with Crippen LogP contribution in [0, 0.1) is 5.92 Å². The minimum atomic E-state index is 0.0347. The Morgan fingerprint density at radius 3 is 2.83 bits per heavy atom. The van der Waals surface area contributed by atoms with Gasteiger partial charge in [0.1, 0.15) is 18.2 Å². The number of ether oxygens (including phenoxy) is 1. The van der Waals surface area contributed by atoms with Gasteiger partial charge in [-0.25, -0.2) is 9.97 Å². The minimum Gasteiger partial charge on any atom is -0.472 e. The maximum Gasteiger partial charge on any atom is 0.222 e. The van der Waals surface area contributed by atoms with Crippen molar-refractivity contribution in [2.45, 2.75) is 44.6 Å². The summed E-state index contributed by atoms with van der Waals surface area (Å²) in [6, 6.07) is 1.84. The standard InChI is InChI=1S/C17H26N4O2/c1-20(2)15-10-16(19-12-18-15)23-14-7-8-21(11-14)17(22)9-13-5-3-4-6-13/h10,12-14H,3-9,11H2,1-2H3. The minimum absolute atomic E-state index is 0.0347. The Bertz CT molecular complexity index is 543. The van der Waals surface area contributed by atoms with Gasteiger partial charge in [-0.05, 0) is 18.8 Å². The summed E-state index contributed by atoms with van der Waals surface area (Å²) in [5, 5.41) is 0. The first-order valence-electron chi connectivity index (χ1n) is 8.55. The van der Waals surface area contributed by atoms with E-state index in [4.69, 9.17) is 4.74 Å². The van der Waals surface area contributed by atoms with Crippen LogP contribution >= 0.6 is 0 Å². The maximum absolute atomic E-state index is 12.4. The van der Waals surface area contributed by atoms with Crippen molar-refractivity contribution in [1.82, 2.24) is 14.9 Å². The van der Waals surface area contributed by atoms with E-state index in [2.05, 4.69) is 9.97 Å². The summed E-state index contributed by atoms with van der Waals surface area (Å²) in [7, 11) is 3.87. The van der Waals surface area contributed by atoms with E-state index >= 15 is 0 Å². The molecule has 1 aromatic rings.